The number of fused-ring (bicyclic) bond motifs is 3. The topological polar surface area (TPSA) is 58.6 Å². The number of halogens is 1. The first-order valence-electron chi connectivity index (χ1n) is 10.1. The van der Waals surface area contributed by atoms with Crippen molar-refractivity contribution in [1.29, 1.82) is 0 Å². The predicted molar refractivity (Wildman–Crippen MR) is 126 cm³/mol. The van der Waals surface area contributed by atoms with E-state index in [9.17, 15) is 0 Å². The van der Waals surface area contributed by atoms with Crippen molar-refractivity contribution in [2.45, 2.75) is 6.92 Å². The Bertz CT molecular complexity index is 1080. The van der Waals surface area contributed by atoms with Gasteiger partial charge in [-0.3, -0.25) is 0 Å². The first-order chi connectivity index (χ1) is 14.7. The lowest BCUT2D eigenvalue weighted by Crippen LogP contribution is -2.10. The predicted octanol–water partition coefficient (Wildman–Crippen LogP) is 5.56. The molecule has 3 aromatic carbocycles. The fourth-order valence-electron chi connectivity index (χ4n) is 3.57. The number of benzene rings is 3. The van der Waals surface area contributed by atoms with Crippen LogP contribution < -0.4 is 10.5 Å². The van der Waals surface area contributed by atoms with Crippen LogP contribution in [0.4, 0.5) is 5.69 Å². The Morgan fingerprint density at radius 3 is 2.23 bits per heavy atom. The maximum Gasteiger partial charge on any atom is 0.119 e. The Hall–Kier alpha value is -2.54. The second kappa shape index (κ2) is 9.51. The van der Waals surface area contributed by atoms with E-state index < -0.39 is 0 Å². The number of nitrogen functional groups attached to an aromatic ring is 1. The van der Waals surface area contributed by atoms with Crippen LogP contribution in [0, 0.1) is 0 Å². The summed E-state index contributed by atoms with van der Waals surface area (Å²) >= 11 is 3.58. The van der Waals surface area contributed by atoms with Crippen LogP contribution in [0.1, 0.15) is 6.92 Å². The van der Waals surface area contributed by atoms with Gasteiger partial charge in [-0.1, -0.05) is 15.9 Å². The van der Waals surface area contributed by atoms with Gasteiger partial charge >= 0.3 is 0 Å². The van der Waals surface area contributed by atoms with Crippen molar-refractivity contribution in [1.82, 2.24) is 4.57 Å². The van der Waals surface area contributed by atoms with Crippen molar-refractivity contribution < 1.29 is 14.2 Å². The average molecular weight is 469 g/mol. The highest BCUT2D eigenvalue weighted by molar-refractivity contribution is 9.10. The number of ether oxygens (including phenoxy) is 3. The van der Waals surface area contributed by atoms with Gasteiger partial charge in [-0.05, 0) is 67.6 Å². The molecule has 1 heterocycles. The van der Waals surface area contributed by atoms with E-state index in [0.29, 0.717) is 33.0 Å². The summed E-state index contributed by atoms with van der Waals surface area (Å²) in [6, 6.07) is 20.5. The minimum Gasteiger partial charge on any atom is -0.491 e. The van der Waals surface area contributed by atoms with Crippen LogP contribution >= 0.6 is 15.9 Å². The molecule has 5 nitrogen and oxygen atoms in total. The molecule has 156 valence electrons. The monoisotopic (exact) mass is 468 g/mol. The summed E-state index contributed by atoms with van der Waals surface area (Å²) in [5.74, 6) is 0.819. The Labute approximate surface area is 184 Å². The molecule has 0 saturated heterocycles. The third-order valence-corrected chi connectivity index (χ3v) is 5.41. The standard InChI is InChI=1S/C24H25BrN2O3/c1-2-28-11-12-29-13-14-30-20-7-5-19(6-8-20)27-23-9-3-17(25)15-21(23)22-16-18(26)4-10-24(22)27/h3-10,15-16H,2,11-14,26H2,1H3. The van der Waals surface area contributed by atoms with Crippen molar-refractivity contribution in [3.8, 4) is 11.4 Å². The lowest BCUT2D eigenvalue weighted by Gasteiger charge is -2.10. The molecule has 0 unspecified atom stereocenters. The molecule has 0 spiro atoms. The van der Waals surface area contributed by atoms with Gasteiger partial charge in [-0.25, -0.2) is 0 Å². The second-order valence-corrected chi connectivity index (χ2v) is 7.84. The van der Waals surface area contributed by atoms with Crippen molar-refractivity contribution >= 4 is 43.4 Å². The summed E-state index contributed by atoms with van der Waals surface area (Å²) in [6.07, 6.45) is 0. The Morgan fingerprint density at radius 2 is 1.47 bits per heavy atom. The van der Waals surface area contributed by atoms with Crippen LogP contribution in [0.3, 0.4) is 0 Å². The number of nitrogens with two attached hydrogens (primary N) is 1. The van der Waals surface area contributed by atoms with Crippen molar-refractivity contribution in [2.24, 2.45) is 0 Å². The normalized spacial score (nSPS) is 11.4. The van der Waals surface area contributed by atoms with Gasteiger partial charge in [0.1, 0.15) is 12.4 Å². The van der Waals surface area contributed by atoms with E-state index in [1.807, 2.05) is 31.2 Å². The Balaban J connectivity index is 1.54. The van der Waals surface area contributed by atoms with Crippen LogP contribution in [0.2, 0.25) is 0 Å². The summed E-state index contributed by atoms with van der Waals surface area (Å²) in [7, 11) is 0. The molecule has 0 amide bonds. The number of anilines is 1. The van der Waals surface area contributed by atoms with Gasteiger partial charge in [0.15, 0.2) is 0 Å². The van der Waals surface area contributed by atoms with Gasteiger partial charge in [0.25, 0.3) is 0 Å². The van der Waals surface area contributed by atoms with Gasteiger partial charge in [0.2, 0.25) is 0 Å². The molecule has 0 saturated carbocycles. The smallest absolute Gasteiger partial charge is 0.119 e. The van der Waals surface area contributed by atoms with Gasteiger partial charge < -0.3 is 24.5 Å². The zero-order chi connectivity index (χ0) is 20.9. The first kappa shape index (κ1) is 20.7. The number of aromatic nitrogens is 1. The zero-order valence-electron chi connectivity index (χ0n) is 16.9. The van der Waals surface area contributed by atoms with Gasteiger partial charge in [0.05, 0.1) is 30.9 Å². The molecule has 0 atom stereocenters. The molecule has 0 aliphatic rings. The average Bonchev–Trinajstić information content (AvgIpc) is 3.06. The highest BCUT2D eigenvalue weighted by Crippen LogP contribution is 2.35. The summed E-state index contributed by atoms with van der Waals surface area (Å²) < 4.78 is 19.8. The van der Waals surface area contributed by atoms with Crippen LogP contribution in [0.15, 0.2) is 65.1 Å². The van der Waals surface area contributed by atoms with Gasteiger partial charge in [-0.15, -0.1) is 0 Å². The molecule has 2 N–H and O–H groups in total. The molecule has 0 bridgehead atoms. The molecular weight excluding hydrogens is 444 g/mol. The van der Waals surface area contributed by atoms with E-state index in [1.54, 1.807) is 0 Å². The fraction of sp³-hybridized carbons (Fsp3) is 0.250. The lowest BCUT2D eigenvalue weighted by molar-refractivity contribution is 0.0405. The lowest BCUT2D eigenvalue weighted by atomic mass is 10.1. The largest absolute Gasteiger partial charge is 0.491 e. The third kappa shape index (κ3) is 4.46. The molecule has 0 radical (unpaired) electrons. The van der Waals surface area contributed by atoms with Crippen molar-refractivity contribution in [3.63, 3.8) is 0 Å². The Morgan fingerprint density at radius 1 is 0.800 bits per heavy atom. The van der Waals surface area contributed by atoms with Crippen LogP contribution in [0.25, 0.3) is 27.5 Å². The van der Waals surface area contributed by atoms with E-state index >= 15 is 0 Å². The summed E-state index contributed by atoms with van der Waals surface area (Å²) in [5, 5.41) is 2.30. The summed E-state index contributed by atoms with van der Waals surface area (Å²) in [5.41, 5.74) is 10.1. The summed E-state index contributed by atoms with van der Waals surface area (Å²) in [4.78, 5) is 0. The SMILES string of the molecule is CCOCCOCCOc1ccc(-n2c3ccc(N)cc3c3cc(Br)ccc32)cc1. The maximum absolute atomic E-state index is 6.06. The second-order valence-electron chi connectivity index (χ2n) is 6.93. The van der Waals surface area contributed by atoms with Crippen LogP contribution in [-0.4, -0.2) is 37.6 Å². The minimum absolute atomic E-state index is 0.508. The maximum atomic E-state index is 6.06. The molecule has 4 aromatic rings. The van der Waals surface area contributed by atoms with Crippen molar-refractivity contribution in [2.75, 3.05) is 38.8 Å². The quantitative estimate of drug-likeness (QED) is 0.258. The highest BCUT2D eigenvalue weighted by atomic mass is 79.9. The van der Waals surface area contributed by atoms with E-state index in [1.165, 1.54) is 0 Å². The molecular formula is C24H25BrN2O3. The number of nitrogens with zero attached hydrogens (tertiary/aromatic N) is 1. The first-order valence-corrected chi connectivity index (χ1v) is 10.8. The molecule has 30 heavy (non-hydrogen) atoms. The number of hydrogen-bond donors (Lipinski definition) is 1. The molecule has 1 aromatic heterocycles. The number of hydrogen-bond acceptors (Lipinski definition) is 4. The fourth-order valence-corrected chi connectivity index (χ4v) is 3.93. The third-order valence-electron chi connectivity index (χ3n) is 4.92. The molecule has 6 heteroatoms. The molecule has 0 aliphatic heterocycles. The minimum atomic E-state index is 0.508. The molecule has 0 fully saturated rings. The molecule has 0 aliphatic carbocycles. The van der Waals surface area contributed by atoms with Crippen molar-refractivity contribution in [3.05, 3.63) is 65.1 Å². The molecule has 4 rings (SSSR count). The van der Waals surface area contributed by atoms with E-state index in [0.717, 1.165) is 43.4 Å². The highest BCUT2D eigenvalue weighted by Gasteiger charge is 2.13. The zero-order valence-corrected chi connectivity index (χ0v) is 18.5. The van der Waals surface area contributed by atoms with E-state index in [4.69, 9.17) is 19.9 Å². The van der Waals surface area contributed by atoms with E-state index in [-0.39, 0.29) is 0 Å². The van der Waals surface area contributed by atoms with Gasteiger partial charge in [-0.2, -0.15) is 0 Å². The Kier molecular flexibility index (Phi) is 6.57. The van der Waals surface area contributed by atoms with Crippen LogP contribution in [0.5, 0.6) is 5.75 Å². The number of rotatable bonds is 9. The summed E-state index contributed by atoms with van der Waals surface area (Å²) in [6.45, 7) is 4.94. The van der Waals surface area contributed by atoms with Gasteiger partial charge in [0, 0.05) is 33.2 Å². The van der Waals surface area contributed by atoms with E-state index in [2.05, 4.69) is 56.9 Å². The van der Waals surface area contributed by atoms with Crippen LogP contribution in [-0.2, 0) is 9.47 Å².